The third kappa shape index (κ3) is 2.81. The van der Waals surface area contributed by atoms with Gasteiger partial charge in [0.2, 0.25) is 0 Å². The first kappa shape index (κ1) is 9.52. The Balaban J connectivity index is 2.72. The van der Waals surface area contributed by atoms with Crippen LogP contribution in [-0.2, 0) is 5.75 Å². The van der Waals surface area contributed by atoms with E-state index in [0.29, 0.717) is 17.1 Å². The monoisotopic (exact) mass is 187 g/mol. The lowest BCUT2D eigenvalue weighted by Crippen LogP contribution is -1.86. The van der Waals surface area contributed by atoms with Gasteiger partial charge in [-0.05, 0) is 30.4 Å². The molecule has 0 aliphatic carbocycles. The molecule has 1 aromatic rings. The molecule has 0 N–H and O–H groups in total. The minimum atomic E-state index is -0.519. The molecule has 3 heteroatoms. The summed E-state index contributed by atoms with van der Waals surface area (Å²) in [5, 5.41) is 0. The summed E-state index contributed by atoms with van der Waals surface area (Å²) in [6.07, 6.45) is 0. The second kappa shape index (κ2) is 4.45. The number of rotatable bonds is 3. The molecule has 0 heterocycles. The highest BCUT2D eigenvalue weighted by molar-refractivity contribution is 7.98. The van der Waals surface area contributed by atoms with Gasteiger partial charge in [-0.25, -0.2) is 8.78 Å². The maximum absolute atomic E-state index is 12.6. The third-order valence-electron chi connectivity index (χ3n) is 1.34. The van der Waals surface area contributed by atoms with Crippen LogP contribution in [0.4, 0.5) is 8.78 Å². The zero-order valence-electron chi connectivity index (χ0n) is 6.52. The highest BCUT2D eigenvalue weighted by Gasteiger charge is 1.99. The smallest absolute Gasteiger partial charge is 0.126 e. The average molecular weight is 187 g/mol. The molecule has 0 spiro atoms. The fraction of sp³-hybridized carbons (Fsp3) is 0.222. The van der Waals surface area contributed by atoms with E-state index in [0.717, 1.165) is 6.07 Å². The van der Waals surface area contributed by atoms with Crippen LogP contribution in [0, 0.1) is 18.6 Å². The molecule has 0 aliphatic rings. The lowest BCUT2D eigenvalue weighted by molar-refractivity contribution is 0.581. The van der Waals surface area contributed by atoms with E-state index in [-0.39, 0.29) is 0 Å². The molecule has 0 amide bonds. The van der Waals surface area contributed by atoms with Gasteiger partial charge >= 0.3 is 0 Å². The van der Waals surface area contributed by atoms with Crippen molar-refractivity contribution >= 4 is 11.8 Å². The maximum atomic E-state index is 12.6. The van der Waals surface area contributed by atoms with E-state index in [1.165, 1.54) is 23.9 Å². The summed E-state index contributed by atoms with van der Waals surface area (Å²) in [5.41, 5.74) is 0.668. The zero-order chi connectivity index (χ0) is 8.97. The normalized spacial score (nSPS) is 10.2. The molecule has 0 aromatic heterocycles. The van der Waals surface area contributed by atoms with E-state index in [9.17, 15) is 8.78 Å². The molecule has 0 unspecified atom stereocenters. The van der Waals surface area contributed by atoms with Gasteiger partial charge in [0, 0.05) is 11.8 Å². The van der Waals surface area contributed by atoms with Crippen molar-refractivity contribution in [3.05, 3.63) is 42.3 Å². The third-order valence-corrected chi connectivity index (χ3v) is 2.16. The SMILES string of the molecule is [CH2]CSCc1cc(F)cc(F)c1. The number of thioether (sulfide) groups is 1. The summed E-state index contributed by atoms with van der Waals surface area (Å²) in [7, 11) is 0. The summed E-state index contributed by atoms with van der Waals surface area (Å²) in [4.78, 5) is 0. The Morgan fingerprint density at radius 2 is 1.75 bits per heavy atom. The van der Waals surface area contributed by atoms with Crippen LogP contribution in [-0.4, -0.2) is 5.75 Å². The first-order valence-electron chi connectivity index (χ1n) is 3.54. The minimum absolute atomic E-state index is 0.519. The van der Waals surface area contributed by atoms with Gasteiger partial charge in [-0.3, -0.25) is 0 Å². The highest BCUT2D eigenvalue weighted by Crippen LogP contribution is 2.14. The largest absolute Gasteiger partial charge is 0.207 e. The summed E-state index contributed by atoms with van der Waals surface area (Å²) in [5.74, 6) is 0.278. The van der Waals surface area contributed by atoms with Crippen LogP contribution in [0.3, 0.4) is 0 Å². The molecule has 12 heavy (non-hydrogen) atoms. The standard InChI is InChI=1S/C9H9F2S/c1-2-12-6-7-3-8(10)5-9(11)4-7/h3-5H,1-2,6H2. The van der Waals surface area contributed by atoms with E-state index >= 15 is 0 Å². The van der Waals surface area contributed by atoms with Gasteiger partial charge in [0.15, 0.2) is 0 Å². The fourth-order valence-electron chi connectivity index (χ4n) is 0.884. The average Bonchev–Trinajstić information content (AvgIpc) is 1.99. The van der Waals surface area contributed by atoms with Crippen molar-refractivity contribution in [1.82, 2.24) is 0 Å². The van der Waals surface area contributed by atoms with Crippen LogP contribution >= 0.6 is 11.8 Å². The van der Waals surface area contributed by atoms with E-state index in [2.05, 4.69) is 6.92 Å². The Hall–Kier alpha value is -0.570. The van der Waals surface area contributed by atoms with Crippen molar-refractivity contribution in [2.45, 2.75) is 5.75 Å². The molecule has 0 saturated carbocycles. The van der Waals surface area contributed by atoms with Crippen LogP contribution in [0.15, 0.2) is 18.2 Å². The molecule has 0 aliphatic heterocycles. The van der Waals surface area contributed by atoms with Crippen LogP contribution < -0.4 is 0 Å². The molecule has 0 atom stereocenters. The highest BCUT2D eigenvalue weighted by atomic mass is 32.2. The van der Waals surface area contributed by atoms with Gasteiger partial charge in [0.05, 0.1) is 0 Å². The molecule has 1 radical (unpaired) electrons. The first-order chi connectivity index (χ1) is 5.72. The Labute approximate surface area is 75.0 Å². The Kier molecular flexibility index (Phi) is 3.53. The summed E-state index contributed by atoms with van der Waals surface area (Å²) >= 11 is 1.53. The molecule has 65 valence electrons. The first-order valence-corrected chi connectivity index (χ1v) is 4.70. The number of benzene rings is 1. The van der Waals surface area contributed by atoms with Gasteiger partial charge < -0.3 is 0 Å². The second-order valence-corrected chi connectivity index (χ2v) is 3.44. The molecular weight excluding hydrogens is 178 g/mol. The molecular formula is C9H9F2S. The topological polar surface area (TPSA) is 0 Å². The van der Waals surface area contributed by atoms with Crippen molar-refractivity contribution in [2.75, 3.05) is 5.75 Å². The van der Waals surface area contributed by atoms with E-state index in [1.807, 2.05) is 0 Å². The van der Waals surface area contributed by atoms with Gasteiger partial charge in [-0.2, -0.15) is 11.8 Å². The summed E-state index contributed by atoms with van der Waals surface area (Å²) < 4.78 is 25.2. The van der Waals surface area contributed by atoms with E-state index in [1.54, 1.807) is 0 Å². The van der Waals surface area contributed by atoms with Crippen molar-refractivity contribution in [1.29, 1.82) is 0 Å². The Morgan fingerprint density at radius 3 is 2.25 bits per heavy atom. The zero-order valence-corrected chi connectivity index (χ0v) is 7.33. The van der Waals surface area contributed by atoms with Crippen molar-refractivity contribution in [3.63, 3.8) is 0 Å². The van der Waals surface area contributed by atoms with Gasteiger partial charge in [0.1, 0.15) is 11.6 Å². The second-order valence-electron chi connectivity index (χ2n) is 2.33. The van der Waals surface area contributed by atoms with Gasteiger partial charge in [-0.15, -0.1) is 0 Å². The maximum Gasteiger partial charge on any atom is 0.126 e. The van der Waals surface area contributed by atoms with E-state index in [4.69, 9.17) is 0 Å². The van der Waals surface area contributed by atoms with Crippen molar-refractivity contribution in [2.24, 2.45) is 0 Å². The van der Waals surface area contributed by atoms with Crippen LogP contribution in [0.5, 0.6) is 0 Å². The quantitative estimate of drug-likeness (QED) is 0.700. The van der Waals surface area contributed by atoms with Crippen LogP contribution in [0.2, 0.25) is 0 Å². The molecule has 0 saturated heterocycles. The molecule has 0 nitrogen and oxygen atoms in total. The van der Waals surface area contributed by atoms with E-state index < -0.39 is 11.6 Å². The lowest BCUT2D eigenvalue weighted by atomic mass is 10.2. The van der Waals surface area contributed by atoms with Crippen molar-refractivity contribution < 1.29 is 8.78 Å². The lowest BCUT2D eigenvalue weighted by Gasteiger charge is -1.99. The van der Waals surface area contributed by atoms with Gasteiger partial charge in [0.25, 0.3) is 0 Å². The van der Waals surface area contributed by atoms with Gasteiger partial charge in [-0.1, -0.05) is 0 Å². The summed E-state index contributed by atoms with van der Waals surface area (Å²) in [6.45, 7) is 3.62. The van der Waals surface area contributed by atoms with Crippen molar-refractivity contribution in [3.8, 4) is 0 Å². The number of hydrogen-bond acceptors (Lipinski definition) is 1. The predicted octanol–water partition coefficient (Wildman–Crippen LogP) is 3.03. The van der Waals surface area contributed by atoms with Crippen LogP contribution in [0.25, 0.3) is 0 Å². The molecule has 0 bridgehead atoms. The Morgan fingerprint density at radius 1 is 1.17 bits per heavy atom. The number of hydrogen-bond donors (Lipinski definition) is 0. The predicted molar refractivity (Wildman–Crippen MR) is 47.9 cm³/mol. The molecule has 1 aromatic carbocycles. The number of halogens is 2. The Bertz CT molecular complexity index is 240. The summed E-state index contributed by atoms with van der Waals surface area (Å²) in [6, 6.07) is 3.55. The molecule has 1 rings (SSSR count). The molecule has 0 fully saturated rings. The van der Waals surface area contributed by atoms with Crippen LogP contribution in [0.1, 0.15) is 5.56 Å². The minimum Gasteiger partial charge on any atom is -0.207 e. The fourth-order valence-corrected chi connectivity index (χ4v) is 1.43.